The summed E-state index contributed by atoms with van der Waals surface area (Å²) in [4.78, 5) is 67.7. The lowest BCUT2D eigenvalue weighted by Gasteiger charge is -2.45. The van der Waals surface area contributed by atoms with E-state index >= 15 is 0 Å². The molecule has 2 aliphatic heterocycles. The zero-order valence-corrected chi connectivity index (χ0v) is 35.6. The average Bonchev–Trinajstić information content (AvgIpc) is 3.65. The summed E-state index contributed by atoms with van der Waals surface area (Å²) < 4.78 is 41.7. The van der Waals surface area contributed by atoms with E-state index in [2.05, 4.69) is 0 Å². The van der Waals surface area contributed by atoms with Crippen LogP contribution in [0.4, 0.5) is 4.79 Å². The monoisotopic (exact) mass is 843 g/mol. The summed E-state index contributed by atoms with van der Waals surface area (Å²) >= 11 is 0. The van der Waals surface area contributed by atoms with Gasteiger partial charge in [0, 0.05) is 32.6 Å². The Morgan fingerprint density at radius 2 is 1.51 bits per heavy atom. The topological polar surface area (TPSA) is 173 Å². The van der Waals surface area contributed by atoms with Crippen LogP contribution < -0.4 is 0 Å². The molecule has 0 spiro atoms. The van der Waals surface area contributed by atoms with E-state index in [0.717, 1.165) is 34.6 Å². The Balaban J connectivity index is 1.35. The van der Waals surface area contributed by atoms with Crippen LogP contribution in [0.15, 0.2) is 91.0 Å². The SMILES string of the molecule is CO[C@H]1O[C@H](CO)[C@@H](OCc2ccccc2)[C@H](OCc2ccccc2)[C@@H]1OCCCC(=O)C(=CC(=O)[C@@H](OC(C)=O)[C@H](C)C(=O)N1C(=O)OC[C@@H]1C(C)C)c1cccc(C)c1. The third-order valence-electron chi connectivity index (χ3n) is 10.7. The van der Waals surface area contributed by atoms with Crippen LogP contribution in [0.25, 0.3) is 5.57 Å². The van der Waals surface area contributed by atoms with Gasteiger partial charge in [-0.1, -0.05) is 104 Å². The molecule has 2 aliphatic rings. The number of ketones is 2. The van der Waals surface area contributed by atoms with Crippen molar-refractivity contribution in [2.24, 2.45) is 11.8 Å². The van der Waals surface area contributed by atoms with Crippen LogP contribution in [0.5, 0.6) is 0 Å². The molecule has 328 valence electrons. The number of benzene rings is 3. The van der Waals surface area contributed by atoms with E-state index in [1.807, 2.05) is 87.5 Å². The number of esters is 1. The minimum Gasteiger partial charge on any atom is -0.453 e. The number of rotatable bonds is 21. The number of ether oxygens (including phenoxy) is 7. The Kier molecular flexibility index (Phi) is 17.5. The fraction of sp³-hybridized carbons (Fsp3) is 0.468. The molecule has 8 atom stereocenters. The maximum absolute atomic E-state index is 14.1. The number of imide groups is 1. The zero-order valence-electron chi connectivity index (χ0n) is 35.6. The lowest BCUT2D eigenvalue weighted by Crippen LogP contribution is -2.61. The van der Waals surface area contributed by atoms with Crippen molar-refractivity contribution in [1.82, 2.24) is 4.90 Å². The quantitative estimate of drug-likeness (QED) is 0.0777. The average molecular weight is 844 g/mol. The highest BCUT2D eigenvalue weighted by atomic mass is 16.7. The van der Waals surface area contributed by atoms with E-state index in [1.54, 1.807) is 18.2 Å². The van der Waals surface area contributed by atoms with E-state index < -0.39 is 78.3 Å². The molecule has 61 heavy (non-hydrogen) atoms. The highest BCUT2D eigenvalue weighted by Crippen LogP contribution is 2.31. The second kappa shape index (κ2) is 22.7. The molecule has 1 N–H and O–H groups in total. The van der Waals surface area contributed by atoms with Gasteiger partial charge in [0.05, 0.1) is 31.8 Å². The standard InChI is InChI=1S/C47H57NO13/c1-29(2)37-28-59-47(54)48(37)45(53)31(4)41(60-32(5)50)39(52)24-36(35-20-13-15-30(3)23-35)38(51)21-14-22-56-44-43(58-27-34-18-11-8-12-19-34)42(40(25-49)61-46(44)55-6)57-26-33-16-9-7-10-17-33/h7-13,15-20,23-24,29,31,37,40-44,46,49H,14,21-22,25-28H2,1-6H3/t31-,37+,40+,41-,42+,43-,44-,46-/m0/s1. The Morgan fingerprint density at radius 3 is 2.08 bits per heavy atom. The van der Waals surface area contributed by atoms with Crippen molar-refractivity contribution in [3.05, 3.63) is 113 Å². The predicted octanol–water partition coefficient (Wildman–Crippen LogP) is 5.79. The largest absolute Gasteiger partial charge is 0.453 e. The van der Waals surface area contributed by atoms with Crippen molar-refractivity contribution in [2.75, 3.05) is 26.9 Å². The van der Waals surface area contributed by atoms with Crippen LogP contribution in [0.3, 0.4) is 0 Å². The summed E-state index contributed by atoms with van der Waals surface area (Å²) in [6.45, 7) is 8.13. The van der Waals surface area contributed by atoms with Crippen LogP contribution in [0.1, 0.15) is 62.8 Å². The van der Waals surface area contributed by atoms with Gasteiger partial charge in [0.25, 0.3) is 0 Å². The van der Waals surface area contributed by atoms with Crippen LogP contribution >= 0.6 is 0 Å². The fourth-order valence-corrected chi connectivity index (χ4v) is 7.38. The number of allylic oxidation sites excluding steroid dienone is 1. The number of Topliss-reactive ketones (excluding diaryl/α,β-unsaturated/α-hetero) is 1. The van der Waals surface area contributed by atoms with Crippen molar-refractivity contribution < 1.29 is 62.2 Å². The molecule has 0 bridgehead atoms. The first-order chi connectivity index (χ1) is 29.3. The minimum absolute atomic E-state index is 0.00379. The molecule has 14 nitrogen and oxygen atoms in total. The van der Waals surface area contributed by atoms with Crippen LogP contribution in [-0.2, 0) is 65.5 Å². The summed E-state index contributed by atoms with van der Waals surface area (Å²) in [6, 6.07) is 25.6. The van der Waals surface area contributed by atoms with Gasteiger partial charge >= 0.3 is 12.1 Å². The molecule has 5 rings (SSSR count). The number of aliphatic hydroxyl groups excluding tert-OH is 1. The first-order valence-electron chi connectivity index (χ1n) is 20.6. The predicted molar refractivity (Wildman–Crippen MR) is 222 cm³/mol. The molecule has 2 amide bonds. The number of methoxy groups -OCH3 is 1. The van der Waals surface area contributed by atoms with Crippen molar-refractivity contribution in [3.63, 3.8) is 0 Å². The Labute approximate surface area is 357 Å². The van der Waals surface area contributed by atoms with E-state index in [9.17, 15) is 29.1 Å². The van der Waals surface area contributed by atoms with Crippen molar-refractivity contribution in [3.8, 4) is 0 Å². The number of hydrogen-bond donors (Lipinski definition) is 1. The fourth-order valence-electron chi connectivity index (χ4n) is 7.38. The van der Waals surface area contributed by atoms with E-state index in [-0.39, 0.29) is 57.4 Å². The zero-order chi connectivity index (χ0) is 44.1. The smallest absolute Gasteiger partial charge is 0.416 e. The molecule has 0 unspecified atom stereocenters. The van der Waals surface area contributed by atoms with Gasteiger partial charge in [-0.2, -0.15) is 0 Å². The van der Waals surface area contributed by atoms with Gasteiger partial charge in [-0.15, -0.1) is 0 Å². The van der Waals surface area contributed by atoms with Gasteiger partial charge in [0.1, 0.15) is 31.0 Å². The molecule has 14 heteroatoms. The number of hydrogen-bond acceptors (Lipinski definition) is 13. The number of carbonyl (C=O) groups excluding carboxylic acids is 5. The normalized spacial score (nSPS) is 22.7. The Morgan fingerprint density at radius 1 is 0.869 bits per heavy atom. The van der Waals surface area contributed by atoms with Gasteiger partial charge in [-0.25, -0.2) is 9.69 Å². The van der Waals surface area contributed by atoms with Crippen LogP contribution in [-0.4, -0.2) is 109 Å². The maximum atomic E-state index is 14.1. The number of nitrogens with zero attached hydrogens (tertiary/aromatic N) is 1. The van der Waals surface area contributed by atoms with Gasteiger partial charge in [-0.05, 0) is 49.0 Å². The highest BCUT2D eigenvalue weighted by molar-refractivity contribution is 6.25. The molecule has 2 saturated heterocycles. The minimum atomic E-state index is -1.63. The van der Waals surface area contributed by atoms with E-state index in [4.69, 9.17) is 33.2 Å². The summed E-state index contributed by atoms with van der Waals surface area (Å²) in [5, 5.41) is 10.4. The number of aryl methyl sites for hydroxylation is 1. The molecule has 2 heterocycles. The van der Waals surface area contributed by atoms with Crippen molar-refractivity contribution >= 4 is 35.1 Å². The molecular weight excluding hydrogens is 787 g/mol. The van der Waals surface area contributed by atoms with Gasteiger partial charge in [-0.3, -0.25) is 19.2 Å². The molecule has 0 aliphatic carbocycles. The van der Waals surface area contributed by atoms with Gasteiger partial charge in [0.2, 0.25) is 5.91 Å². The second-order valence-corrected chi connectivity index (χ2v) is 15.6. The maximum Gasteiger partial charge on any atom is 0.416 e. The van der Waals surface area contributed by atoms with Crippen LogP contribution in [0.2, 0.25) is 0 Å². The Hall–Kier alpha value is -5.09. The molecule has 2 fully saturated rings. The summed E-state index contributed by atoms with van der Waals surface area (Å²) in [5.74, 6) is -4.18. The number of carbonyl (C=O) groups is 5. The van der Waals surface area contributed by atoms with E-state index in [1.165, 1.54) is 14.0 Å². The molecule has 0 radical (unpaired) electrons. The summed E-state index contributed by atoms with van der Waals surface area (Å²) in [5.41, 5.74) is 3.15. The molecule has 0 saturated carbocycles. The highest BCUT2D eigenvalue weighted by Gasteiger charge is 2.49. The summed E-state index contributed by atoms with van der Waals surface area (Å²) in [6.07, 6.45) is -5.36. The first-order valence-corrected chi connectivity index (χ1v) is 20.6. The number of cyclic esters (lactones) is 1. The molecular formula is C47H57NO13. The first kappa shape index (κ1) is 47.0. The third-order valence-corrected chi connectivity index (χ3v) is 10.7. The third kappa shape index (κ3) is 12.5. The number of aliphatic hydroxyl groups is 1. The van der Waals surface area contributed by atoms with Gasteiger partial charge < -0.3 is 38.3 Å². The second-order valence-electron chi connectivity index (χ2n) is 15.6. The van der Waals surface area contributed by atoms with E-state index in [0.29, 0.717) is 5.56 Å². The summed E-state index contributed by atoms with van der Waals surface area (Å²) in [7, 11) is 1.46. The number of amides is 2. The Bertz CT molecular complexity index is 1970. The van der Waals surface area contributed by atoms with Crippen molar-refractivity contribution in [1.29, 1.82) is 0 Å². The molecule has 3 aromatic rings. The van der Waals surface area contributed by atoms with Crippen LogP contribution in [0, 0.1) is 18.8 Å². The van der Waals surface area contributed by atoms with Gasteiger partial charge in [0.15, 0.2) is 24.0 Å². The lowest BCUT2D eigenvalue weighted by atomic mass is 9.92. The van der Waals surface area contributed by atoms with Crippen molar-refractivity contribution in [2.45, 2.75) is 104 Å². The molecule has 0 aromatic heterocycles. The molecule has 3 aromatic carbocycles. The lowest BCUT2D eigenvalue weighted by molar-refractivity contribution is -0.319.